The quantitative estimate of drug-likeness (QED) is 0.806. The summed E-state index contributed by atoms with van der Waals surface area (Å²) in [5, 5.41) is 4.11. The molecule has 0 aromatic carbocycles. The first-order valence-corrected chi connectivity index (χ1v) is 6.76. The van der Waals surface area contributed by atoms with Gasteiger partial charge in [-0.2, -0.15) is 5.10 Å². The van der Waals surface area contributed by atoms with E-state index in [9.17, 15) is 4.79 Å². The largest absolute Gasteiger partial charge is 0.299 e. The van der Waals surface area contributed by atoms with Crippen LogP contribution in [0.2, 0.25) is 0 Å². The van der Waals surface area contributed by atoms with Gasteiger partial charge in [0.2, 0.25) is 0 Å². The zero-order chi connectivity index (χ0) is 12.1. The highest BCUT2D eigenvalue weighted by Gasteiger charge is 2.19. The number of rotatable bonds is 3. The molecule has 0 radical (unpaired) electrons. The molecule has 17 heavy (non-hydrogen) atoms. The lowest BCUT2D eigenvalue weighted by molar-refractivity contribution is -0.122. The Bertz CT molecular complexity index is 362. The summed E-state index contributed by atoms with van der Waals surface area (Å²) in [6, 6.07) is 0. The van der Waals surface area contributed by atoms with Gasteiger partial charge in [0.05, 0.1) is 6.20 Å². The molecular formula is C14H22N2O. The fourth-order valence-electron chi connectivity index (χ4n) is 2.69. The van der Waals surface area contributed by atoms with E-state index < -0.39 is 0 Å². The zero-order valence-electron chi connectivity index (χ0n) is 10.7. The minimum atomic E-state index is 0.301. The van der Waals surface area contributed by atoms with Crippen LogP contribution in [0.3, 0.4) is 0 Å². The summed E-state index contributed by atoms with van der Waals surface area (Å²) in [5.74, 6) is 0.718. The molecule has 1 aliphatic carbocycles. The minimum absolute atomic E-state index is 0.301. The van der Waals surface area contributed by atoms with Gasteiger partial charge in [0.1, 0.15) is 5.78 Å². The standard InChI is InChI=1S/C14H22N2O/c1-16-11-12(10-15-16)9-14(17)13-7-5-3-2-4-6-8-13/h10-11,13H,2-9H2,1H3. The van der Waals surface area contributed by atoms with E-state index in [0.29, 0.717) is 18.1 Å². The molecule has 1 aromatic rings. The molecule has 1 aliphatic rings. The van der Waals surface area contributed by atoms with Crippen LogP contribution >= 0.6 is 0 Å². The molecule has 0 atom stereocenters. The Morgan fingerprint density at radius 2 is 1.94 bits per heavy atom. The first-order valence-electron chi connectivity index (χ1n) is 6.76. The van der Waals surface area contributed by atoms with Gasteiger partial charge in [0.25, 0.3) is 0 Å². The third-order valence-electron chi connectivity index (χ3n) is 3.70. The van der Waals surface area contributed by atoms with Gasteiger partial charge in [-0.3, -0.25) is 9.48 Å². The number of aromatic nitrogens is 2. The predicted octanol–water partition coefficient (Wildman–Crippen LogP) is 2.89. The summed E-state index contributed by atoms with van der Waals surface area (Å²) in [5.41, 5.74) is 1.06. The number of hydrogen-bond acceptors (Lipinski definition) is 2. The normalized spacial score (nSPS) is 18.6. The fourth-order valence-corrected chi connectivity index (χ4v) is 2.69. The molecule has 1 heterocycles. The van der Waals surface area contributed by atoms with Gasteiger partial charge in [-0.05, 0) is 18.4 Å². The third-order valence-corrected chi connectivity index (χ3v) is 3.70. The first-order chi connectivity index (χ1) is 8.25. The van der Waals surface area contributed by atoms with E-state index in [-0.39, 0.29) is 0 Å². The highest BCUT2D eigenvalue weighted by molar-refractivity contribution is 5.83. The zero-order valence-corrected chi connectivity index (χ0v) is 10.7. The number of ketones is 1. The molecular weight excluding hydrogens is 212 g/mol. The first kappa shape index (κ1) is 12.3. The molecule has 0 unspecified atom stereocenters. The molecule has 3 heteroatoms. The van der Waals surface area contributed by atoms with E-state index in [1.54, 1.807) is 10.9 Å². The lowest BCUT2D eigenvalue weighted by Crippen LogP contribution is -2.18. The van der Waals surface area contributed by atoms with Crippen LogP contribution in [0.5, 0.6) is 0 Å². The van der Waals surface area contributed by atoms with Crippen LogP contribution in [-0.2, 0) is 18.3 Å². The average Bonchev–Trinajstić information content (AvgIpc) is 2.63. The van der Waals surface area contributed by atoms with Crippen molar-refractivity contribution in [3.8, 4) is 0 Å². The molecule has 0 amide bonds. The van der Waals surface area contributed by atoms with Gasteiger partial charge in [0.15, 0.2) is 0 Å². The van der Waals surface area contributed by atoms with Crippen LogP contribution in [0.1, 0.15) is 50.5 Å². The van der Waals surface area contributed by atoms with Crippen molar-refractivity contribution in [1.82, 2.24) is 9.78 Å². The summed E-state index contributed by atoms with van der Waals surface area (Å²) < 4.78 is 1.76. The second-order valence-corrected chi connectivity index (χ2v) is 5.21. The molecule has 0 bridgehead atoms. The fraction of sp³-hybridized carbons (Fsp3) is 0.714. The summed E-state index contributed by atoms with van der Waals surface area (Å²) in [7, 11) is 1.89. The van der Waals surface area contributed by atoms with E-state index in [4.69, 9.17) is 0 Å². The Balaban J connectivity index is 1.89. The average molecular weight is 234 g/mol. The Kier molecular flexibility index (Phi) is 4.35. The molecule has 1 aromatic heterocycles. The van der Waals surface area contributed by atoms with Crippen LogP contribution in [0.4, 0.5) is 0 Å². The minimum Gasteiger partial charge on any atom is -0.299 e. The summed E-state index contributed by atoms with van der Waals surface area (Å²) in [4.78, 5) is 12.2. The van der Waals surface area contributed by atoms with Crippen LogP contribution in [0.25, 0.3) is 0 Å². The number of Topliss-reactive ketones (excluding diaryl/α,β-unsaturated/α-hetero) is 1. The molecule has 2 rings (SSSR count). The number of carbonyl (C=O) groups excluding carboxylic acids is 1. The van der Waals surface area contributed by atoms with Crippen LogP contribution < -0.4 is 0 Å². The van der Waals surface area contributed by atoms with Crippen molar-refractivity contribution < 1.29 is 4.79 Å². The van der Waals surface area contributed by atoms with Crippen molar-refractivity contribution in [1.29, 1.82) is 0 Å². The van der Waals surface area contributed by atoms with E-state index in [2.05, 4.69) is 5.10 Å². The van der Waals surface area contributed by atoms with Crippen LogP contribution in [0, 0.1) is 5.92 Å². The molecule has 0 spiro atoms. The molecule has 94 valence electrons. The monoisotopic (exact) mass is 234 g/mol. The lowest BCUT2D eigenvalue weighted by atomic mass is 9.86. The number of nitrogens with zero attached hydrogens (tertiary/aromatic N) is 2. The van der Waals surface area contributed by atoms with Crippen molar-refractivity contribution in [3.63, 3.8) is 0 Å². The molecule has 0 aliphatic heterocycles. The van der Waals surface area contributed by atoms with Crippen molar-refractivity contribution >= 4 is 5.78 Å². The smallest absolute Gasteiger partial charge is 0.140 e. The molecule has 0 N–H and O–H groups in total. The topological polar surface area (TPSA) is 34.9 Å². The maximum atomic E-state index is 12.2. The molecule has 0 saturated heterocycles. The van der Waals surface area contributed by atoms with Gasteiger partial charge in [0, 0.05) is 25.6 Å². The van der Waals surface area contributed by atoms with E-state index in [0.717, 1.165) is 18.4 Å². The van der Waals surface area contributed by atoms with Gasteiger partial charge >= 0.3 is 0 Å². The van der Waals surface area contributed by atoms with Crippen molar-refractivity contribution in [2.45, 2.75) is 51.4 Å². The van der Waals surface area contributed by atoms with E-state index in [1.807, 2.05) is 13.2 Å². The van der Waals surface area contributed by atoms with Gasteiger partial charge in [-0.25, -0.2) is 0 Å². The summed E-state index contributed by atoms with van der Waals surface area (Å²) in [6.07, 6.45) is 12.9. The predicted molar refractivity (Wildman–Crippen MR) is 67.7 cm³/mol. The number of hydrogen-bond donors (Lipinski definition) is 0. The Labute approximate surface area is 103 Å². The maximum absolute atomic E-state index is 12.2. The Morgan fingerprint density at radius 1 is 1.29 bits per heavy atom. The van der Waals surface area contributed by atoms with Gasteiger partial charge in [-0.15, -0.1) is 0 Å². The van der Waals surface area contributed by atoms with E-state index >= 15 is 0 Å². The lowest BCUT2D eigenvalue weighted by Gasteiger charge is -2.18. The number of aryl methyl sites for hydroxylation is 1. The second-order valence-electron chi connectivity index (χ2n) is 5.21. The van der Waals surface area contributed by atoms with Crippen molar-refractivity contribution in [3.05, 3.63) is 18.0 Å². The molecule has 3 nitrogen and oxygen atoms in total. The molecule has 1 fully saturated rings. The van der Waals surface area contributed by atoms with Crippen molar-refractivity contribution in [2.75, 3.05) is 0 Å². The maximum Gasteiger partial charge on any atom is 0.140 e. The van der Waals surface area contributed by atoms with Gasteiger partial charge in [-0.1, -0.05) is 32.1 Å². The Morgan fingerprint density at radius 3 is 2.53 bits per heavy atom. The van der Waals surface area contributed by atoms with Gasteiger partial charge < -0.3 is 0 Å². The Hall–Kier alpha value is -1.12. The summed E-state index contributed by atoms with van der Waals surface area (Å²) >= 11 is 0. The highest BCUT2D eigenvalue weighted by atomic mass is 16.1. The summed E-state index contributed by atoms with van der Waals surface area (Å²) in [6.45, 7) is 0. The SMILES string of the molecule is Cn1cc(CC(=O)C2CCCCCCC2)cn1. The van der Waals surface area contributed by atoms with Crippen LogP contribution in [0.15, 0.2) is 12.4 Å². The second kappa shape index (κ2) is 5.99. The number of carbonyl (C=O) groups is 1. The van der Waals surface area contributed by atoms with E-state index in [1.165, 1.54) is 32.1 Å². The highest BCUT2D eigenvalue weighted by Crippen LogP contribution is 2.24. The third kappa shape index (κ3) is 3.69. The van der Waals surface area contributed by atoms with Crippen LogP contribution in [-0.4, -0.2) is 15.6 Å². The molecule has 1 saturated carbocycles. The van der Waals surface area contributed by atoms with Crippen molar-refractivity contribution in [2.24, 2.45) is 13.0 Å².